The maximum atomic E-state index is 12.3. The minimum Gasteiger partial charge on any atom is -0.381 e. The summed E-state index contributed by atoms with van der Waals surface area (Å²) in [5.41, 5.74) is 5.59. The van der Waals surface area contributed by atoms with Crippen molar-refractivity contribution in [2.45, 2.75) is 38.1 Å². The van der Waals surface area contributed by atoms with Gasteiger partial charge in [-0.25, -0.2) is 0 Å². The Labute approximate surface area is 97.1 Å². The van der Waals surface area contributed by atoms with Gasteiger partial charge < -0.3 is 15.4 Å². The third-order valence-electron chi connectivity index (χ3n) is 3.68. The first-order valence-corrected chi connectivity index (χ1v) is 6.41. The smallest absolute Gasteiger partial charge is 0.228 e. The van der Waals surface area contributed by atoms with Gasteiger partial charge in [-0.3, -0.25) is 4.79 Å². The zero-order valence-corrected chi connectivity index (χ0v) is 9.86. The van der Waals surface area contributed by atoms with Crippen LogP contribution in [-0.2, 0) is 9.53 Å². The van der Waals surface area contributed by atoms with E-state index in [0.717, 1.165) is 32.3 Å². The highest BCUT2D eigenvalue weighted by Crippen LogP contribution is 2.27. The molecule has 16 heavy (non-hydrogen) atoms. The Balaban J connectivity index is 1.92. The number of nitrogens with zero attached hydrogens (tertiary/aromatic N) is 1. The van der Waals surface area contributed by atoms with E-state index in [1.54, 1.807) is 0 Å². The Morgan fingerprint density at radius 2 is 2.12 bits per heavy atom. The summed E-state index contributed by atoms with van der Waals surface area (Å²) in [4.78, 5) is 14.3. The van der Waals surface area contributed by atoms with Crippen LogP contribution in [-0.4, -0.2) is 43.2 Å². The molecule has 1 aliphatic carbocycles. The quantitative estimate of drug-likeness (QED) is 0.769. The van der Waals surface area contributed by atoms with Gasteiger partial charge in [-0.1, -0.05) is 0 Å². The predicted molar refractivity (Wildman–Crippen MR) is 61.9 cm³/mol. The van der Waals surface area contributed by atoms with E-state index < -0.39 is 0 Å². The molecule has 1 saturated carbocycles. The summed E-state index contributed by atoms with van der Waals surface area (Å²) in [5, 5.41) is 0. The summed E-state index contributed by atoms with van der Waals surface area (Å²) in [5.74, 6) is 0.357. The van der Waals surface area contributed by atoms with Gasteiger partial charge in [0.25, 0.3) is 0 Å². The average Bonchev–Trinajstić information content (AvgIpc) is 2.26. The summed E-state index contributed by atoms with van der Waals surface area (Å²) < 4.78 is 5.38. The van der Waals surface area contributed by atoms with Crippen molar-refractivity contribution in [1.29, 1.82) is 0 Å². The number of hydrogen-bond acceptors (Lipinski definition) is 3. The number of rotatable bonds is 4. The fourth-order valence-electron chi connectivity index (χ4n) is 2.48. The molecule has 1 amide bonds. The van der Waals surface area contributed by atoms with Gasteiger partial charge in [0.05, 0.1) is 12.5 Å². The molecule has 1 aliphatic heterocycles. The highest BCUT2D eigenvalue weighted by Gasteiger charge is 2.33. The molecule has 0 aromatic rings. The molecule has 2 rings (SSSR count). The van der Waals surface area contributed by atoms with Crippen molar-refractivity contribution in [1.82, 2.24) is 4.90 Å². The molecule has 4 heteroatoms. The topological polar surface area (TPSA) is 55.6 Å². The maximum Gasteiger partial charge on any atom is 0.228 e. The summed E-state index contributed by atoms with van der Waals surface area (Å²) in [6.07, 6.45) is 5.54. The molecule has 0 aromatic heterocycles. The van der Waals surface area contributed by atoms with Gasteiger partial charge in [-0.05, 0) is 32.1 Å². The van der Waals surface area contributed by atoms with E-state index >= 15 is 0 Å². The third-order valence-corrected chi connectivity index (χ3v) is 3.68. The van der Waals surface area contributed by atoms with Gasteiger partial charge in [0.1, 0.15) is 0 Å². The minimum atomic E-state index is 0.0842. The van der Waals surface area contributed by atoms with E-state index in [0.29, 0.717) is 25.7 Å². The third kappa shape index (κ3) is 2.55. The number of carbonyl (C=O) groups is 1. The first kappa shape index (κ1) is 11.9. The van der Waals surface area contributed by atoms with Crippen molar-refractivity contribution in [2.24, 2.45) is 11.7 Å². The van der Waals surface area contributed by atoms with E-state index in [1.165, 1.54) is 6.42 Å². The second kappa shape index (κ2) is 5.64. The molecule has 1 atom stereocenters. The first-order chi connectivity index (χ1) is 7.83. The molecule has 0 bridgehead atoms. The average molecular weight is 226 g/mol. The Bertz CT molecular complexity index is 235. The second-order valence-electron chi connectivity index (χ2n) is 4.82. The molecule has 0 aromatic carbocycles. The molecule has 4 nitrogen and oxygen atoms in total. The van der Waals surface area contributed by atoms with Gasteiger partial charge >= 0.3 is 0 Å². The normalized spacial score (nSPS) is 26.2. The largest absolute Gasteiger partial charge is 0.381 e. The van der Waals surface area contributed by atoms with Gasteiger partial charge in [0.15, 0.2) is 0 Å². The fourth-order valence-corrected chi connectivity index (χ4v) is 2.48. The van der Waals surface area contributed by atoms with Gasteiger partial charge in [0.2, 0.25) is 5.91 Å². The van der Waals surface area contributed by atoms with E-state index in [2.05, 4.69) is 0 Å². The van der Waals surface area contributed by atoms with Crippen LogP contribution in [0.5, 0.6) is 0 Å². The molecule has 1 heterocycles. The molecule has 92 valence electrons. The molecule has 1 saturated heterocycles. The van der Waals surface area contributed by atoms with Crippen molar-refractivity contribution in [3.8, 4) is 0 Å². The molecule has 0 radical (unpaired) electrons. The Morgan fingerprint density at radius 1 is 1.31 bits per heavy atom. The Hall–Kier alpha value is -0.610. The van der Waals surface area contributed by atoms with Crippen LogP contribution in [0.15, 0.2) is 0 Å². The molecular formula is C12H22N2O2. The van der Waals surface area contributed by atoms with Crippen LogP contribution in [0.1, 0.15) is 32.1 Å². The standard InChI is InChI=1S/C12H22N2O2/c13-6-7-14(11-4-1-5-11)12(15)10-3-2-8-16-9-10/h10-11H,1-9,13H2. The molecule has 1 unspecified atom stereocenters. The Morgan fingerprint density at radius 3 is 2.62 bits per heavy atom. The number of hydrogen-bond donors (Lipinski definition) is 1. The molecular weight excluding hydrogens is 204 g/mol. The zero-order valence-electron chi connectivity index (χ0n) is 9.86. The van der Waals surface area contributed by atoms with E-state index in [-0.39, 0.29) is 11.8 Å². The van der Waals surface area contributed by atoms with Crippen molar-refractivity contribution in [3.05, 3.63) is 0 Å². The Kier molecular flexibility index (Phi) is 4.18. The fraction of sp³-hybridized carbons (Fsp3) is 0.917. The lowest BCUT2D eigenvalue weighted by atomic mass is 9.89. The van der Waals surface area contributed by atoms with Crippen LogP contribution in [0.2, 0.25) is 0 Å². The number of nitrogens with two attached hydrogens (primary N) is 1. The van der Waals surface area contributed by atoms with E-state index in [9.17, 15) is 4.79 Å². The maximum absolute atomic E-state index is 12.3. The van der Waals surface area contributed by atoms with Crippen molar-refractivity contribution < 1.29 is 9.53 Å². The van der Waals surface area contributed by atoms with Crippen LogP contribution in [0.25, 0.3) is 0 Å². The lowest BCUT2D eigenvalue weighted by molar-refractivity contribution is -0.143. The van der Waals surface area contributed by atoms with Gasteiger partial charge in [0, 0.05) is 25.7 Å². The van der Waals surface area contributed by atoms with Crippen molar-refractivity contribution in [2.75, 3.05) is 26.3 Å². The molecule has 2 aliphatic rings. The summed E-state index contributed by atoms with van der Waals surface area (Å²) >= 11 is 0. The van der Waals surface area contributed by atoms with Crippen molar-refractivity contribution in [3.63, 3.8) is 0 Å². The van der Waals surface area contributed by atoms with E-state index in [4.69, 9.17) is 10.5 Å². The molecule has 2 N–H and O–H groups in total. The number of amides is 1. The first-order valence-electron chi connectivity index (χ1n) is 6.41. The lowest BCUT2D eigenvalue weighted by Gasteiger charge is -2.39. The molecule has 0 spiro atoms. The number of carbonyl (C=O) groups excluding carboxylic acids is 1. The summed E-state index contributed by atoms with van der Waals surface area (Å²) in [6.45, 7) is 2.69. The monoisotopic (exact) mass is 226 g/mol. The van der Waals surface area contributed by atoms with Gasteiger partial charge in [-0.15, -0.1) is 0 Å². The summed E-state index contributed by atoms with van der Waals surface area (Å²) in [7, 11) is 0. The zero-order chi connectivity index (χ0) is 11.4. The van der Waals surface area contributed by atoms with Crippen LogP contribution < -0.4 is 5.73 Å². The minimum absolute atomic E-state index is 0.0842. The number of ether oxygens (including phenoxy) is 1. The van der Waals surface area contributed by atoms with Gasteiger partial charge in [-0.2, -0.15) is 0 Å². The van der Waals surface area contributed by atoms with E-state index in [1.807, 2.05) is 4.90 Å². The van der Waals surface area contributed by atoms with Crippen LogP contribution in [0.3, 0.4) is 0 Å². The van der Waals surface area contributed by atoms with Crippen LogP contribution in [0, 0.1) is 5.92 Å². The summed E-state index contributed by atoms with van der Waals surface area (Å²) in [6, 6.07) is 0.456. The molecule has 2 fully saturated rings. The van der Waals surface area contributed by atoms with Crippen LogP contribution in [0.4, 0.5) is 0 Å². The SMILES string of the molecule is NCCN(C(=O)C1CCCOC1)C1CCC1. The second-order valence-corrected chi connectivity index (χ2v) is 4.82. The van der Waals surface area contributed by atoms with Crippen LogP contribution >= 0.6 is 0 Å². The lowest BCUT2D eigenvalue weighted by Crippen LogP contribution is -2.50. The highest BCUT2D eigenvalue weighted by molar-refractivity contribution is 5.79. The highest BCUT2D eigenvalue weighted by atomic mass is 16.5. The predicted octanol–water partition coefficient (Wildman–Crippen LogP) is 0.753. The van der Waals surface area contributed by atoms with Crippen molar-refractivity contribution >= 4 is 5.91 Å².